The van der Waals surface area contributed by atoms with Gasteiger partial charge in [-0.3, -0.25) is 10.1 Å². The van der Waals surface area contributed by atoms with Crippen molar-refractivity contribution in [3.8, 4) is 0 Å². The molecule has 1 aromatic heterocycles. The fraction of sp³-hybridized carbons (Fsp3) is 0.250. The van der Waals surface area contributed by atoms with Crippen LogP contribution in [0.25, 0.3) is 11.1 Å². The number of aromatic nitrogens is 1. The minimum Gasteiger partial charge on any atom is -0.431 e. The van der Waals surface area contributed by atoms with E-state index in [0.29, 0.717) is 28.6 Å². The Kier molecular flexibility index (Phi) is 7.31. The van der Waals surface area contributed by atoms with Crippen LogP contribution in [0.15, 0.2) is 63.1 Å². The Hall–Kier alpha value is -2.89. The lowest BCUT2D eigenvalue weighted by Gasteiger charge is -2.10. The molecular formula is C20H22N4O5S2. The van der Waals surface area contributed by atoms with Gasteiger partial charge in [-0.05, 0) is 23.8 Å². The van der Waals surface area contributed by atoms with Gasteiger partial charge in [0.2, 0.25) is 15.9 Å². The predicted molar refractivity (Wildman–Crippen MR) is 117 cm³/mol. The Balaban J connectivity index is 1.48. The largest absolute Gasteiger partial charge is 0.431 e. The first-order valence-electron chi connectivity index (χ1n) is 9.33. The second kappa shape index (κ2) is 9.94. The number of urea groups is 1. The van der Waals surface area contributed by atoms with Gasteiger partial charge in [-0.15, -0.1) is 0 Å². The third-order valence-corrected chi connectivity index (χ3v) is 6.86. The van der Waals surface area contributed by atoms with Gasteiger partial charge in [0.15, 0.2) is 5.58 Å². The van der Waals surface area contributed by atoms with E-state index in [0.717, 1.165) is 9.87 Å². The summed E-state index contributed by atoms with van der Waals surface area (Å²) >= 11 is 1.20. The van der Waals surface area contributed by atoms with Crippen molar-refractivity contribution in [3.63, 3.8) is 0 Å². The molecule has 3 amide bonds. The Morgan fingerprint density at radius 2 is 1.87 bits per heavy atom. The number of hydrogen-bond acceptors (Lipinski definition) is 7. The number of nitrogens with zero attached hydrogens (tertiary/aromatic N) is 2. The number of amides is 3. The quantitative estimate of drug-likeness (QED) is 0.494. The van der Waals surface area contributed by atoms with E-state index in [4.69, 9.17) is 4.42 Å². The summed E-state index contributed by atoms with van der Waals surface area (Å²) < 4.78 is 31.2. The topological polar surface area (TPSA) is 122 Å². The number of carbonyl (C=O) groups excluding carboxylic acids is 2. The number of carbonyl (C=O) groups is 2. The molecule has 0 aliphatic rings. The summed E-state index contributed by atoms with van der Waals surface area (Å²) in [7, 11) is -0.657. The zero-order chi connectivity index (χ0) is 22.4. The summed E-state index contributed by atoms with van der Waals surface area (Å²) in [5, 5.41) is 5.21. The van der Waals surface area contributed by atoms with Crippen LogP contribution in [0, 0.1) is 0 Å². The van der Waals surface area contributed by atoms with Crippen LogP contribution in [0.1, 0.15) is 12.0 Å². The van der Waals surface area contributed by atoms with Crippen molar-refractivity contribution in [2.75, 3.05) is 19.8 Å². The molecule has 1 heterocycles. The molecule has 0 saturated heterocycles. The van der Waals surface area contributed by atoms with Crippen molar-refractivity contribution in [1.82, 2.24) is 19.9 Å². The van der Waals surface area contributed by atoms with Crippen LogP contribution >= 0.6 is 11.8 Å². The lowest BCUT2D eigenvalue weighted by atomic mass is 10.2. The Morgan fingerprint density at radius 3 is 2.58 bits per heavy atom. The van der Waals surface area contributed by atoms with Crippen LogP contribution in [0.5, 0.6) is 0 Å². The van der Waals surface area contributed by atoms with Crippen molar-refractivity contribution >= 4 is 44.8 Å². The van der Waals surface area contributed by atoms with Crippen LogP contribution in [0.2, 0.25) is 0 Å². The monoisotopic (exact) mass is 462 g/mol. The summed E-state index contributed by atoms with van der Waals surface area (Å²) in [6.45, 7) is 0.323. The molecule has 0 radical (unpaired) electrons. The normalized spacial score (nSPS) is 11.6. The van der Waals surface area contributed by atoms with Crippen molar-refractivity contribution in [3.05, 3.63) is 54.1 Å². The van der Waals surface area contributed by atoms with E-state index in [-0.39, 0.29) is 11.3 Å². The van der Waals surface area contributed by atoms with Gasteiger partial charge in [0.1, 0.15) is 5.52 Å². The molecule has 0 unspecified atom stereocenters. The van der Waals surface area contributed by atoms with Gasteiger partial charge in [-0.25, -0.2) is 22.5 Å². The third-order valence-electron chi connectivity index (χ3n) is 4.22. The summed E-state index contributed by atoms with van der Waals surface area (Å²) in [6.07, 6.45) is 0.0857. The molecule has 0 spiro atoms. The highest BCUT2D eigenvalue weighted by Gasteiger charge is 2.19. The van der Waals surface area contributed by atoms with Crippen LogP contribution in [-0.4, -0.2) is 49.5 Å². The molecule has 164 valence electrons. The van der Waals surface area contributed by atoms with Gasteiger partial charge in [-0.2, -0.15) is 0 Å². The SMILES string of the molecule is CN(C)S(=O)(=O)c1ccc2oc(SCCC(=O)NC(=O)NCc3ccccc3)nc2c1. The molecule has 0 saturated carbocycles. The first-order chi connectivity index (χ1) is 14.8. The zero-order valence-electron chi connectivity index (χ0n) is 17.0. The molecule has 2 aromatic carbocycles. The number of thioether (sulfide) groups is 1. The molecule has 0 fully saturated rings. The van der Waals surface area contributed by atoms with Crippen molar-refractivity contribution in [2.24, 2.45) is 0 Å². The number of benzene rings is 2. The molecule has 2 N–H and O–H groups in total. The second-order valence-corrected chi connectivity index (χ2v) is 9.91. The van der Waals surface area contributed by atoms with Gasteiger partial charge in [0.25, 0.3) is 5.22 Å². The highest BCUT2D eigenvalue weighted by Crippen LogP contribution is 2.26. The minimum atomic E-state index is -3.57. The third kappa shape index (κ3) is 6.06. The van der Waals surface area contributed by atoms with E-state index >= 15 is 0 Å². The number of oxazole rings is 1. The molecule has 3 rings (SSSR count). The minimum absolute atomic E-state index is 0.0857. The first-order valence-corrected chi connectivity index (χ1v) is 11.8. The molecule has 0 bridgehead atoms. The van der Waals surface area contributed by atoms with Crippen molar-refractivity contribution in [2.45, 2.75) is 23.1 Å². The van der Waals surface area contributed by atoms with Gasteiger partial charge in [-0.1, -0.05) is 42.1 Å². The van der Waals surface area contributed by atoms with Crippen molar-refractivity contribution in [1.29, 1.82) is 0 Å². The highest BCUT2D eigenvalue weighted by atomic mass is 32.2. The van der Waals surface area contributed by atoms with E-state index in [1.807, 2.05) is 30.3 Å². The summed E-state index contributed by atoms with van der Waals surface area (Å²) in [4.78, 5) is 28.1. The Bertz CT molecular complexity index is 1180. The van der Waals surface area contributed by atoms with Crippen LogP contribution < -0.4 is 10.6 Å². The zero-order valence-corrected chi connectivity index (χ0v) is 18.6. The van der Waals surface area contributed by atoms with E-state index in [2.05, 4.69) is 15.6 Å². The number of hydrogen-bond donors (Lipinski definition) is 2. The lowest BCUT2D eigenvalue weighted by molar-refractivity contribution is -0.119. The van der Waals surface area contributed by atoms with E-state index in [1.54, 1.807) is 6.07 Å². The number of rotatable bonds is 8. The van der Waals surface area contributed by atoms with E-state index < -0.39 is 22.0 Å². The number of sulfonamides is 1. The van der Waals surface area contributed by atoms with Gasteiger partial charge < -0.3 is 9.73 Å². The number of nitrogens with one attached hydrogen (secondary N) is 2. The summed E-state index contributed by atoms with van der Waals surface area (Å²) in [6, 6.07) is 13.3. The summed E-state index contributed by atoms with van der Waals surface area (Å²) in [5.74, 6) is -0.0819. The maximum absolute atomic E-state index is 12.2. The summed E-state index contributed by atoms with van der Waals surface area (Å²) in [5.41, 5.74) is 1.79. The molecule has 9 nitrogen and oxygen atoms in total. The molecule has 3 aromatic rings. The standard InChI is InChI=1S/C20H22N4O5S2/c1-24(2)31(27,28)15-8-9-17-16(12-15)22-20(29-17)30-11-10-18(25)23-19(26)21-13-14-6-4-3-5-7-14/h3-9,12H,10-11,13H2,1-2H3,(H2,21,23,25,26). The van der Waals surface area contributed by atoms with Gasteiger partial charge in [0, 0.05) is 32.8 Å². The number of fused-ring (bicyclic) bond motifs is 1. The first kappa shape index (κ1) is 22.8. The second-order valence-electron chi connectivity index (χ2n) is 6.71. The Labute approximate surface area is 184 Å². The molecular weight excluding hydrogens is 440 g/mol. The Morgan fingerprint density at radius 1 is 1.13 bits per heavy atom. The molecule has 0 aliphatic heterocycles. The fourth-order valence-corrected chi connectivity index (χ4v) is 4.26. The van der Waals surface area contributed by atoms with Crippen LogP contribution in [-0.2, 0) is 21.4 Å². The molecule has 11 heteroatoms. The maximum atomic E-state index is 12.2. The van der Waals surface area contributed by atoms with Crippen LogP contribution in [0.4, 0.5) is 4.79 Å². The van der Waals surface area contributed by atoms with E-state index in [1.165, 1.54) is 38.0 Å². The fourth-order valence-electron chi connectivity index (χ4n) is 2.56. The average molecular weight is 463 g/mol. The molecule has 31 heavy (non-hydrogen) atoms. The lowest BCUT2D eigenvalue weighted by Crippen LogP contribution is -2.39. The van der Waals surface area contributed by atoms with Crippen molar-refractivity contribution < 1.29 is 22.4 Å². The smallest absolute Gasteiger partial charge is 0.321 e. The average Bonchev–Trinajstić information content (AvgIpc) is 3.14. The van der Waals surface area contributed by atoms with Crippen LogP contribution in [0.3, 0.4) is 0 Å². The van der Waals surface area contributed by atoms with E-state index in [9.17, 15) is 18.0 Å². The maximum Gasteiger partial charge on any atom is 0.321 e. The molecule has 0 aliphatic carbocycles. The van der Waals surface area contributed by atoms with Gasteiger partial charge >= 0.3 is 6.03 Å². The predicted octanol–water partition coefficient (Wildman–Crippen LogP) is 2.59. The highest BCUT2D eigenvalue weighted by molar-refractivity contribution is 7.99. The molecule has 0 atom stereocenters. The number of imide groups is 1. The van der Waals surface area contributed by atoms with Gasteiger partial charge in [0.05, 0.1) is 4.90 Å².